The third-order valence-corrected chi connectivity index (χ3v) is 4.53. The lowest BCUT2D eigenvalue weighted by Gasteiger charge is -2.17. The van der Waals surface area contributed by atoms with Gasteiger partial charge in [0.2, 0.25) is 11.8 Å². The van der Waals surface area contributed by atoms with Crippen molar-refractivity contribution in [3.63, 3.8) is 0 Å². The largest absolute Gasteiger partial charge is 0.349 e. The number of carbonyl (C=O) groups is 3. The summed E-state index contributed by atoms with van der Waals surface area (Å²) in [4.78, 5) is 38.4. The average molecular weight is 415 g/mol. The molecule has 1 saturated carbocycles. The number of nitrogens with one attached hydrogen (secondary N) is 3. The zero-order valence-electron chi connectivity index (χ0n) is 16.1. The van der Waals surface area contributed by atoms with Gasteiger partial charge in [0.25, 0.3) is 5.91 Å². The molecule has 0 heterocycles. The zero-order valence-corrected chi connectivity index (χ0v) is 16.8. The third-order valence-electron chi connectivity index (χ3n) is 4.29. The molecule has 0 spiro atoms. The van der Waals surface area contributed by atoms with Crippen LogP contribution in [0.3, 0.4) is 0 Å². The SMILES string of the molecule is CN(CC(=O)Nc1cccc(Cl)c1)CC(=O)Nc1ccccc1C(=O)NC1CC1. The Labute approximate surface area is 174 Å². The molecule has 0 aliphatic heterocycles. The Bertz CT molecular complexity index is 914. The molecule has 3 N–H and O–H groups in total. The van der Waals surface area contributed by atoms with E-state index in [4.69, 9.17) is 11.6 Å². The van der Waals surface area contributed by atoms with Crippen LogP contribution in [0.4, 0.5) is 11.4 Å². The normalized spacial score (nSPS) is 13.1. The number of hydrogen-bond acceptors (Lipinski definition) is 4. The highest BCUT2D eigenvalue weighted by atomic mass is 35.5. The fourth-order valence-electron chi connectivity index (χ4n) is 2.78. The molecule has 1 fully saturated rings. The summed E-state index contributed by atoms with van der Waals surface area (Å²) in [5.41, 5.74) is 1.47. The minimum atomic E-state index is -0.310. The molecule has 3 rings (SSSR count). The Morgan fingerprint density at radius 1 is 1.00 bits per heavy atom. The maximum Gasteiger partial charge on any atom is 0.253 e. The minimum absolute atomic E-state index is 0.00153. The van der Waals surface area contributed by atoms with Crippen LogP contribution in [-0.4, -0.2) is 48.8 Å². The van der Waals surface area contributed by atoms with E-state index in [1.54, 1.807) is 60.5 Å². The Balaban J connectivity index is 1.51. The molecule has 1 aliphatic carbocycles. The Kier molecular flexibility index (Phi) is 6.85. The van der Waals surface area contributed by atoms with Crippen molar-refractivity contribution in [1.29, 1.82) is 0 Å². The van der Waals surface area contributed by atoms with E-state index in [-0.39, 0.29) is 36.9 Å². The maximum atomic E-state index is 12.4. The summed E-state index contributed by atoms with van der Waals surface area (Å²) < 4.78 is 0. The van der Waals surface area contributed by atoms with Crippen LogP contribution in [0.15, 0.2) is 48.5 Å². The molecule has 7 nitrogen and oxygen atoms in total. The van der Waals surface area contributed by atoms with Crippen molar-refractivity contribution in [2.45, 2.75) is 18.9 Å². The highest BCUT2D eigenvalue weighted by Crippen LogP contribution is 2.21. The Hall–Kier alpha value is -2.90. The van der Waals surface area contributed by atoms with Gasteiger partial charge in [-0.2, -0.15) is 0 Å². The first-order chi connectivity index (χ1) is 13.9. The molecule has 1 aliphatic rings. The number of halogens is 1. The molecule has 0 saturated heterocycles. The minimum Gasteiger partial charge on any atom is -0.349 e. The lowest BCUT2D eigenvalue weighted by atomic mass is 10.1. The van der Waals surface area contributed by atoms with E-state index >= 15 is 0 Å². The zero-order chi connectivity index (χ0) is 20.8. The molecule has 2 aromatic rings. The van der Waals surface area contributed by atoms with Gasteiger partial charge in [0.15, 0.2) is 0 Å². The van der Waals surface area contributed by atoms with Crippen molar-refractivity contribution in [2.75, 3.05) is 30.8 Å². The quantitative estimate of drug-likeness (QED) is 0.619. The van der Waals surface area contributed by atoms with Gasteiger partial charge in [0.1, 0.15) is 0 Å². The standard InChI is InChI=1S/C21H23ClN4O3/c1-26(12-19(27)23-16-6-4-5-14(22)11-16)13-20(28)25-18-8-3-2-7-17(18)21(29)24-15-9-10-15/h2-8,11,15H,9-10,12-13H2,1H3,(H,23,27)(H,24,29)(H,25,28). The van der Waals surface area contributed by atoms with E-state index < -0.39 is 0 Å². The number of likely N-dealkylation sites (N-methyl/N-ethyl adjacent to an activating group) is 1. The average Bonchev–Trinajstić information content (AvgIpc) is 3.45. The second-order valence-electron chi connectivity index (χ2n) is 7.07. The van der Waals surface area contributed by atoms with Gasteiger partial charge in [-0.3, -0.25) is 19.3 Å². The van der Waals surface area contributed by atoms with Crippen molar-refractivity contribution < 1.29 is 14.4 Å². The number of amides is 3. The summed E-state index contributed by atoms with van der Waals surface area (Å²) in [6.07, 6.45) is 1.98. The fourth-order valence-corrected chi connectivity index (χ4v) is 2.97. The lowest BCUT2D eigenvalue weighted by Crippen LogP contribution is -2.36. The van der Waals surface area contributed by atoms with Gasteiger partial charge in [-0.05, 0) is 50.2 Å². The molecule has 3 amide bonds. The van der Waals surface area contributed by atoms with Gasteiger partial charge < -0.3 is 16.0 Å². The lowest BCUT2D eigenvalue weighted by molar-refractivity contribution is -0.119. The van der Waals surface area contributed by atoms with E-state index in [9.17, 15) is 14.4 Å². The highest BCUT2D eigenvalue weighted by molar-refractivity contribution is 6.30. The number of benzene rings is 2. The molecule has 0 radical (unpaired) electrons. The molecule has 0 aromatic heterocycles. The highest BCUT2D eigenvalue weighted by Gasteiger charge is 2.25. The summed E-state index contributed by atoms with van der Waals surface area (Å²) in [6.45, 7) is 0.0330. The monoisotopic (exact) mass is 414 g/mol. The predicted molar refractivity (Wildman–Crippen MR) is 113 cm³/mol. The van der Waals surface area contributed by atoms with Crippen LogP contribution in [0.1, 0.15) is 23.2 Å². The van der Waals surface area contributed by atoms with Gasteiger partial charge in [-0.25, -0.2) is 0 Å². The molecule has 2 aromatic carbocycles. The first kappa shape index (κ1) is 20.8. The van der Waals surface area contributed by atoms with Gasteiger partial charge in [-0.15, -0.1) is 0 Å². The third kappa shape index (κ3) is 6.58. The smallest absolute Gasteiger partial charge is 0.253 e. The molecular weight excluding hydrogens is 392 g/mol. The Morgan fingerprint density at radius 3 is 2.38 bits per heavy atom. The number of para-hydroxylation sites is 1. The number of nitrogens with zero attached hydrogens (tertiary/aromatic N) is 1. The van der Waals surface area contributed by atoms with Crippen molar-refractivity contribution >= 4 is 40.7 Å². The summed E-state index contributed by atoms with van der Waals surface area (Å²) in [6, 6.07) is 13.9. The van der Waals surface area contributed by atoms with Crippen LogP contribution in [0.2, 0.25) is 5.02 Å². The van der Waals surface area contributed by atoms with E-state index in [0.717, 1.165) is 12.8 Å². The van der Waals surface area contributed by atoms with Crippen LogP contribution in [0, 0.1) is 0 Å². The Morgan fingerprint density at radius 2 is 1.69 bits per heavy atom. The number of carbonyl (C=O) groups excluding carboxylic acids is 3. The van der Waals surface area contributed by atoms with Crippen LogP contribution < -0.4 is 16.0 Å². The van der Waals surface area contributed by atoms with E-state index in [1.807, 2.05) is 0 Å². The van der Waals surface area contributed by atoms with Gasteiger partial charge >= 0.3 is 0 Å². The number of anilines is 2. The van der Waals surface area contributed by atoms with Gasteiger partial charge in [-0.1, -0.05) is 29.8 Å². The van der Waals surface area contributed by atoms with E-state index in [0.29, 0.717) is 22.0 Å². The first-order valence-corrected chi connectivity index (χ1v) is 9.72. The summed E-state index contributed by atoms with van der Waals surface area (Å²) in [7, 11) is 1.67. The molecule has 0 bridgehead atoms. The van der Waals surface area contributed by atoms with Crippen LogP contribution in [-0.2, 0) is 9.59 Å². The van der Waals surface area contributed by atoms with Crippen molar-refractivity contribution in [3.05, 3.63) is 59.1 Å². The number of hydrogen-bond donors (Lipinski definition) is 3. The molecular formula is C21H23ClN4O3. The van der Waals surface area contributed by atoms with Crippen molar-refractivity contribution in [3.8, 4) is 0 Å². The van der Waals surface area contributed by atoms with Crippen molar-refractivity contribution in [1.82, 2.24) is 10.2 Å². The summed E-state index contributed by atoms with van der Waals surface area (Å²) in [5.74, 6) is -0.765. The molecule has 0 unspecified atom stereocenters. The van der Waals surface area contributed by atoms with Gasteiger partial charge in [0, 0.05) is 16.8 Å². The maximum absolute atomic E-state index is 12.4. The summed E-state index contributed by atoms with van der Waals surface area (Å²) >= 11 is 5.90. The van der Waals surface area contributed by atoms with Crippen LogP contribution >= 0.6 is 11.6 Å². The van der Waals surface area contributed by atoms with E-state index in [2.05, 4.69) is 16.0 Å². The molecule has 0 atom stereocenters. The predicted octanol–water partition coefficient (Wildman–Crippen LogP) is 2.74. The molecule has 8 heteroatoms. The number of rotatable bonds is 8. The second kappa shape index (κ2) is 9.54. The second-order valence-corrected chi connectivity index (χ2v) is 7.51. The first-order valence-electron chi connectivity index (χ1n) is 9.34. The summed E-state index contributed by atoms with van der Waals surface area (Å²) in [5, 5.41) is 8.93. The van der Waals surface area contributed by atoms with Crippen LogP contribution in [0.25, 0.3) is 0 Å². The van der Waals surface area contributed by atoms with Gasteiger partial charge in [0.05, 0.1) is 24.3 Å². The molecule has 29 heavy (non-hydrogen) atoms. The van der Waals surface area contributed by atoms with E-state index in [1.165, 1.54) is 0 Å². The van der Waals surface area contributed by atoms with Crippen LogP contribution in [0.5, 0.6) is 0 Å². The topological polar surface area (TPSA) is 90.5 Å². The molecule has 152 valence electrons. The fraction of sp³-hybridized carbons (Fsp3) is 0.286. The van der Waals surface area contributed by atoms with Crippen molar-refractivity contribution in [2.24, 2.45) is 0 Å².